The van der Waals surface area contributed by atoms with E-state index in [9.17, 15) is 13.6 Å². The van der Waals surface area contributed by atoms with Crippen LogP contribution >= 0.6 is 0 Å². The summed E-state index contributed by atoms with van der Waals surface area (Å²) in [6.45, 7) is 3.91. The number of alkyl halides is 2. The third-order valence-corrected chi connectivity index (χ3v) is 7.87. The van der Waals surface area contributed by atoms with Crippen LogP contribution in [0.25, 0.3) is 0 Å². The lowest BCUT2D eigenvalue weighted by Gasteiger charge is -2.53. The highest BCUT2D eigenvalue weighted by atomic mass is 19.3. The molecule has 1 aromatic carbocycles. The second kappa shape index (κ2) is 7.66. The zero-order chi connectivity index (χ0) is 21.7. The number of para-hydroxylation sites is 1. The Bertz CT molecular complexity index is 814. The van der Waals surface area contributed by atoms with Crippen LogP contribution in [0.3, 0.4) is 0 Å². The number of hydrogen-bond donors (Lipinski definition) is 1. The fraction of sp³-hybridized carbons (Fsp3) is 0.696. The summed E-state index contributed by atoms with van der Waals surface area (Å²) in [5.41, 5.74) is 0.483. The van der Waals surface area contributed by atoms with Gasteiger partial charge in [-0.1, -0.05) is 32.9 Å². The van der Waals surface area contributed by atoms with E-state index in [1.165, 1.54) is 7.11 Å². The summed E-state index contributed by atoms with van der Waals surface area (Å²) in [5.74, 6) is 0.945. The van der Waals surface area contributed by atoms with Crippen molar-refractivity contribution in [3.63, 3.8) is 0 Å². The molecule has 1 saturated heterocycles. The molecular weight excluding hydrogens is 392 g/mol. The van der Waals surface area contributed by atoms with Gasteiger partial charge in [0.2, 0.25) is 5.91 Å². The molecular formula is C23H31F2NO4. The van der Waals surface area contributed by atoms with Crippen molar-refractivity contribution in [1.82, 2.24) is 5.32 Å². The molecule has 1 unspecified atom stereocenters. The van der Waals surface area contributed by atoms with Gasteiger partial charge in [-0.2, -0.15) is 8.78 Å². The molecule has 1 aromatic rings. The van der Waals surface area contributed by atoms with Crippen molar-refractivity contribution < 1.29 is 27.8 Å². The maximum Gasteiger partial charge on any atom is 0.387 e. The van der Waals surface area contributed by atoms with Gasteiger partial charge in [-0.15, -0.1) is 0 Å². The Morgan fingerprint density at radius 1 is 1.37 bits per heavy atom. The van der Waals surface area contributed by atoms with E-state index in [2.05, 4.69) is 19.2 Å². The summed E-state index contributed by atoms with van der Waals surface area (Å²) in [6.07, 6.45) is 2.90. The quantitative estimate of drug-likeness (QED) is 0.720. The molecule has 1 N–H and O–H groups in total. The highest BCUT2D eigenvalue weighted by molar-refractivity contribution is 5.76. The molecule has 166 valence electrons. The Morgan fingerprint density at radius 3 is 2.80 bits per heavy atom. The third kappa shape index (κ3) is 3.17. The first kappa shape index (κ1) is 21.3. The van der Waals surface area contributed by atoms with Crippen molar-refractivity contribution in [3.05, 3.63) is 23.8 Å². The minimum absolute atomic E-state index is 0.0140. The smallest absolute Gasteiger partial charge is 0.387 e. The number of fused-ring (bicyclic) bond motifs is 1. The number of hydrogen-bond acceptors (Lipinski definition) is 4. The van der Waals surface area contributed by atoms with Gasteiger partial charge < -0.3 is 19.5 Å². The van der Waals surface area contributed by atoms with Gasteiger partial charge >= 0.3 is 6.61 Å². The number of carbonyl (C=O) groups excluding carboxylic acids is 1. The van der Waals surface area contributed by atoms with Crippen molar-refractivity contribution in [2.45, 2.75) is 65.2 Å². The molecule has 3 fully saturated rings. The first-order valence-corrected chi connectivity index (χ1v) is 10.8. The molecule has 1 aliphatic heterocycles. The van der Waals surface area contributed by atoms with Crippen LogP contribution in [0.2, 0.25) is 0 Å². The molecule has 30 heavy (non-hydrogen) atoms. The molecule has 3 aliphatic rings. The molecule has 5 atom stereocenters. The molecule has 0 aromatic heterocycles. The number of methoxy groups -OCH3 is 1. The molecule has 0 radical (unpaired) electrons. The molecule has 1 spiro atoms. The van der Waals surface area contributed by atoms with Crippen molar-refractivity contribution in [2.75, 3.05) is 13.7 Å². The van der Waals surface area contributed by atoms with E-state index in [1.807, 2.05) is 6.92 Å². The van der Waals surface area contributed by atoms with Gasteiger partial charge in [0.15, 0.2) is 11.5 Å². The van der Waals surface area contributed by atoms with Gasteiger partial charge in [0.1, 0.15) is 0 Å². The fourth-order valence-corrected chi connectivity index (χ4v) is 6.49. The largest absolute Gasteiger partial charge is 0.493 e. The number of halogens is 2. The molecule has 2 aliphatic carbocycles. The summed E-state index contributed by atoms with van der Waals surface area (Å²) >= 11 is 0. The number of ether oxygens (including phenoxy) is 3. The number of carbonyl (C=O) groups is 1. The van der Waals surface area contributed by atoms with Gasteiger partial charge in [0.25, 0.3) is 0 Å². The lowest BCUT2D eigenvalue weighted by Crippen LogP contribution is -2.58. The monoisotopic (exact) mass is 423 g/mol. The van der Waals surface area contributed by atoms with Gasteiger partial charge in [-0.05, 0) is 48.0 Å². The first-order valence-electron chi connectivity index (χ1n) is 10.8. The van der Waals surface area contributed by atoms with Gasteiger partial charge in [-0.3, -0.25) is 4.79 Å². The van der Waals surface area contributed by atoms with Crippen molar-refractivity contribution in [1.29, 1.82) is 0 Å². The minimum atomic E-state index is -2.95. The normalized spacial score (nSPS) is 34.0. The Labute approximate surface area is 176 Å². The highest BCUT2D eigenvalue weighted by Crippen LogP contribution is 2.71. The van der Waals surface area contributed by atoms with Crippen LogP contribution in [0.1, 0.15) is 58.1 Å². The summed E-state index contributed by atoms with van der Waals surface area (Å²) in [7, 11) is 1.44. The third-order valence-electron chi connectivity index (χ3n) is 7.87. The van der Waals surface area contributed by atoms with Crippen LogP contribution in [0.5, 0.6) is 11.5 Å². The van der Waals surface area contributed by atoms with Crippen molar-refractivity contribution in [2.24, 2.45) is 22.7 Å². The van der Waals surface area contributed by atoms with E-state index in [1.54, 1.807) is 18.2 Å². The Hall–Kier alpha value is -1.89. The van der Waals surface area contributed by atoms with Crippen molar-refractivity contribution >= 4 is 5.91 Å². The number of benzene rings is 1. The van der Waals surface area contributed by atoms with E-state index in [0.717, 1.165) is 19.3 Å². The Morgan fingerprint density at radius 2 is 2.13 bits per heavy atom. The zero-order valence-electron chi connectivity index (χ0n) is 18.0. The second-order valence-electron chi connectivity index (χ2n) is 9.45. The predicted molar refractivity (Wildman–Crippen MR) is 108 cm³/mol. The number of rotatable bonds is 6. The van der Waals surface area contributed by atoms with Gasteiger partial charge in [0, 0.05) is 24.6 Å². The van der Waals surface area contributed by atoms with Crippen LogP contribution in [0, 0.1) is 22.7 Å². The predicted octanol–water partition coefficient (Wildman–Crippen LogP) is 4.71. The summed E-state index contributed by atoms with van der Waals surface area (Å²) in [5, 5.41) is 3.31. The van der Waals surface area contributed by atoms with E-state index >= 15 is 0 Å². The average molecular weight is 424 g/mol. The van der Waals surface area contributed by atoms with Gasteiger partial charge in [-0.25, -0.2) is 0 Å². The summed E-state index contributed by atoms with van der Waals surface area (Å²) in [6, 6.07) is 5.23. The average Bonchev–Trinajstić information content (AvgIpc) is 3.20. The van der Waals surface area contributed by atoms with E-state index in [0.29, 0.717) is 24.5 Å². The van der Waals surface area contributed by atoms with Crippen LogP contribution in [0.15, 0.2) is 18.2 Å². The molecule has 5 nitrogen and oxygen atoms in total. The van der Waals surface area contributed by atoms with Crippen LogP contribution in [-0.2, 0) is 9.53 Å². The van der Waals surface area contributed by atoms with E-state index < -0.39 is 6.61 Å². The molecule has 1 heterocycles. The fourth-order valence-electron chi connectivity index (χ4n) is 6.49. The first-order chi connectivity index (χ1) is 14.2. The highest BCUT2D eigenvalue weighted by Gasteiger charge is 2.68. The maximum absolute atomic E-state index is 13.2. The SMILES string of the molecule is CCC(=O)N[C@H]1C(C)(C)[C@@H]2C[C@@H]3[C@@H](c4cccc(OC)c4OC(F)F)OCCC31C2. The number of nitrogens with one attached hydrogen (secondary N) is 1. The lowest BCUT2D eigenvalue weighted by molar-refractivity contribution is -0.138. The molecule has 2 bridgehead atoms. The molecule has 2 saturated carbocycles. The minimum Gasteiger partial charge on any atom is -0.493 e. The second-order valence-corrected chi connectivity index (χ2v) is 9.45. The van der Waals surface area contributed by atoms with Crippen LogP contribution in [0.4, 0.5) is 8.78 Å². The zero-order valence-corrected chi connectivity index (χ0v) is 18.0. The van der Waals surface area contributed by atoms with Crippen LogP contribution < -0.4 is 14.8 Å². The number of amides is 1. The molecule has 4 rings (SSSR count). The molecule has 7 heteroatoms. The lowest BCUT2D eigenvalue weighted by atomic mass is 9.58. The van der Waals surface area contributed by atoms with Gasteiger partial charge in [0.05, 0.1) is 13.2 Å². The summed E-state index contributed by atoms with van der Waals surface area (Å²) < 4.78 is 42.8. The topological polar surface area (TPSA) is 56.8 Å². The standard InChI is InChI=1S/C23H31F2NO4/c1-5-17(27)26-20-22(2,3)13-11-15-18(29-10-9-23(15,20)12-13)14-7-6-8-16(28-4)19(14)30-21(24)25/h6-8,13,15,18,20-21H,5,9-12H2,1-4H3,(H,26,27)/t13-,15-,18-,20+,23?/m1/s1. The summed E-state index contributed by atoms with van der Waals surface area (Å²) in [4.78, 5) is 12.4. The molecule has 1 amide bonds. The Kier molecular flexibility index (Phi) is 5.45. The van der Waals surface area contributed by atoms with E-state index in [4.69, 9.17) is 14.2 Å². The van der Waals surface area contributed by atoms with Crippen molar-refractivity contribution in [3.8, 4) is 11.5 Å². The maximum atomic E-state index is 13.2. The van der Waals surface area contributed by atoms with Crippen LogP contribution in [-0.4, -0.2) is 32.3 Å². The Balaban J connectivity index is 1.74. The van der Waals surface area contributed by atoms with E-state index in [-0.39, 0.29) is 46.3 Å².